The van der Waals surface area contributed by atoms with Crippen molar-refractivity contribution in [2.75, 3.05) is 0 Å². The molecule has 0 aliphatic heterocycles. The standard InChI is InChI=1S/C17H18FNS/c1-12-5-8-17(13(9-12)11-19-15-6-7-15)20-16-4-2-3-14(18)10-16/h2-5,8-10,15,19H,6-7,11H2,1H3. The minimum atomic E-state index is -0.181. The number of benzene rings is 2. The Balaban J connectivity index is 1.79. The van der Waals surface area contributed by atoms with E-state index >= 15 is 0 Å². The monoisotopic (exact) mass is 287 g/mol. The van der Waals surface area contributed by atoms with Crippen LogP contribution < -0.4 is 5.32 Å². The Morgan fingerprint density at radius 3 is 2.80 bits per heavy atom. The van der Waals surface area contributed by atoms with Gasteiger partial charge in [-0.1, -0.05) is 35.5 Å². The van der Waals surface area contributed by atoms with Gasteiger partial charge in [-0.25, -0.2) is 4.39 Å². The number of halogens is 1. The van der Waals surface area contributed by atoms with Gasteiger partial charge in [0.1, 0.15) is 5.82 Å². The summed E-state index contributed by atoms with van der Waals surface area (Å²) in [5, 5.41) is 3.55. The fourth-order valence-corrected chi connectivity index (χ4v) is 3.12. The Kier molecular flexibility index (Phi) is 4.08. The first-order chi connectivity index (χ1) is 9.70. The summed E-state index contributed by atoms with van der Waals surface area (Å²) in [6.45, 7) is 3.00. The molecule has 2 aromatic carbocycles. The number of rotatable bonds is 5. The van der Waals surface area contributed by atoms with Crippen LogP contribution in [0.5, 0.6) is 0 Å². The van der Waals surface area contributed by atoms with E-state index in [1.807, 2.05) is 6.07 Å². The molecule has 1 saturated carbocycles. The first-order valence-corrected chi connectivity index (χ1v) is 7.79. The minimum Gasteiger partial charge on any atom is -0.310 e. The quantitative estimate of drug-likeness (QED) is 0.866. The highest BCUT2D eigenvalue weighted by atomic mass is 32.2. The van der Waals surface area contributed by atoms with Crippen LogP contribution in [0.15, 0.2) is 52.3 Å². The highest BCUT2D eigenvalue weighted by Gasteiger charge is 2.20. The van der Waals surface area contributed by atoms with Crippen LogP contribution in [0.4, 0.5) is 4.39 Å². The molecule has 1 aliphatic rings. The summed E-state index contributed by atoms with van der Waals surface area (Å²) in [5.41, 5.74) is 2.56. The molecule has 1 N–H and O–H groups in total. The second kappa shape index (κ2) is 5.98. The van der Waals surface area contributed by atoms with Crippen molar-refractivity contribution in [2.45, 2.75) is 42.1 Å². The summed E-state index contributed by atoms with van der Waals surface area (Å²) in [4.78, 5) is 2.15. The Morgan fingerprint density at radius 2 is 2.05 bits per heavy atom. The van der Waals surface area contributed by atoms with Gasteiger partial charge in [-0.15, -0.1) is 0 Å². The maximum Gasteiger partial charge on any atom is 0.124 e. The van der Waals surface area contributed by atoms with Crippen LogP contribution in [0.25, 0.3) is 0 Å². The van der Waals surface area contributed by atoms with Crippen molar-refractivity contribution < 1.29 is 4.39 Å². The van der Waals surface area contributed by atoms with Gasteiger partial charge in [0.15, 0.2) is 0 Å². The molecule has 0 aromatic heterocycles. The van der Waals surface area contributed by atoms with E-state index in [1.54, 1.807) is 23.9 Å². The van der Waals surface area contributed by atoms with Crippen molar-refractivity contribution in [3.8, 4) is 0 Å². The van der Waals surface area contributed by atoms with Crippen molar-refractivity contribution in [2.24, 2.45) is 0 Å². The van der Waals surface area contributed by atoms with E-state index in [-0.39, 0.29) is 5.82 Å². The number of nitrogens with one attached hydrogen (secondary N) is 1. The van der Waals surface area contributed by atoms with Gasteiger partial charge >= 0.3 is 0 Å². The normalized spacial score (nSPS) is 14.5. The minimum absolute atomic E-state index is 0.181. The summed E-state index contributed by atoms with van der Waals surface area (Å²) in [5.74, 6) is -0.181. The molecule has 0 bridgehead atoms. The molecule has 3 heteroatoms. The maximum atomic E-state index is 13.3. The number of hydrogen-bond acceptors (Lipinski definition) is 2. The molecule has 104 valence electrons. The third-order valence-electron chi connectivity index (χ3n) is 3.40. The molecule has 0 amide bonds. The third-order valence-corrected chi connectivity index (χ3v) is 4.51. The van der Waals surface area contributed by atoms with E-state index < -0.39 is 0 Å². The molecule has 3 rings (SSSR count). The van der Waals surface area contributed by atoms with Gasteiger partial charge in [0, 0.05) is 22.4 Å². The smallest absolute Gasteiger partial charge is 0.124 e. The Labute approximate surface area is 123 Å². The molecule has 2 aromatic rings. The van der Waals surface area contributed by atoms with Crippen LogP contribution in [0.2, 0.25) is 0 Å². The molecule has 1 aliphatic carbocycles. The average molecular weight is 287 g/mol. The first kappa shape index (κ1) is 13.7. The van der Waals surface area contributed by atoms with Gasteiger partial charge in [0.25, 0.3) is 0 Å². The van der Waals surface area contributed by atoms with Gasteiger partial charge in [-0.05, 0) is 49.6 Å². The van der Waals surface area contributed by atoms with E-state index in [0.29, 0.717) is 6.04 Å². The Bertz CT molecular complexity index is 608. The lowest BCUT2D eigenvalue weighted by Gasteiger charge is -2.11. The Hall–Kier alpha value is -1.32. The van der Waals surface area contributed by atoms with Crippen molar-refractivity contribution >= 4 is 11.8 Å². The molecule has 0 spiro atoms. The lowest BCUT2D eigenvalue weighted by atomic mass is 10.1. The maximum absolute atomic E-state index is 13.3. The molecule has 1 nitrogen and oxygen atoms in total. The van der Waals surface area contributed by atoms with E-state index in [0.717, 1.165) is 11.4 Å². The fourth-order valence-electron chi connectivity index (χ4n) is 2.15. The molecule has 20 heavy (non-hydrogen) atoms. The first-order valence-electron chi connectivity index (χ1n) is 6.97. The molecular weight excluding hydrogens is 269 g/mol. The molecular formula is C17H18FNS. The van der Waals surface area contributed by atoms with E-state index in [4.69, 9.17) is 0 Å². The molecule has 0 saturated heterocycles. The topological polar surface area (TPSA) is 12.0 Å². The van der Waals surface area contributed by atoms with Gasteiger partial charge in [-0.3, -0.25) is 0 Å². The van der Waals surface area contributed by atoms with Gasteiger partial charge in [-0.2, -0.15) is 0 Å². The zero-order valence-corrected chi connectivity index (χ0v) is 12.3. The lowest BCUT2D eigenvalue weighted by molar-refractivity contribution is 0.624. The zero-order chi connectivity index (χ0) is 13.9. The highest BCUT2D eigenvalue weighted by molar-refractivity contribution is 7.99. The SMILES string of the molecule is Cc1ccc(Sc2cccc(F)c2)c(CNC2CC2)c1. The molecule has 1 fully saturated rings. The van der Waals surface area contributed by atoms with Crippen molar-refractivity contribution in [3.63, 3.8) is 0 Å². The van der Waals surface area contributed by atoms with Crippen molar-refractivity contribution in [1.82, 2.24) is 5.32 Å². The van der Waals surface area contributed by atoms with Crippen molar-refractivity contribution in [1.29, 1.82) is 0 Å². The second-order valence-corrected chi connectivity index (χ2v) is 6.44. The summed E-state index contributed by atoms with van der Waals surface area (Å²) in [6, 6.07) is 13.9. The largest absolute Gasteiger partial charge is 0.310 e. The molecule has 0 atom stereocenters. The van der Waals surface area contributed by atoms with Crippen LogP contribution in [-0.2, 0) is 6.54 Å². The predicted molar refractivity (Wildman–Crippen MR) is 81.6 cm³/mol. The summed E-state index contributed by atoms with van der Waals surface area (Å²) in [7, 11) is 0. The van der Waals surface area contributed by atoms with Crippen LogP contribution in [0.3, 0.4) is 0 Å². The van der Waals surface area contributed by atoms with Crippen molar-refractivity contribution in [3.05, 3.63) is 59.4 Å². The number of hydrogen-bond donors (Lipinski definition) is 1. The second-order valence-electron chi connectivity index (χ2n) is 5.33. The Morgan fingerprint density at radius 1 is 1.20 bits per heavy atom. The van der Waals surface area contributed by atoms with Crippen LogP contribution >= 0.6 is 11.8 Å². The van der Waals surface area contributed by atoms with Gasteiger partial charge < -0.3 is 5.32 Å². The zero-order valence-electron chi connectivity index (χ0n) is 11.5. The van der Waals surface area contributed by atoms with Crippen LogP contribution in [0.1, 0.15) is 24.0 Å². The highest BCUT2D eigenvalue weighted by Crippen LogP contribution is 2.32. The van der Waals surface area contributed by atoms with Crippen LogP contribution in [0, 0.1) is 12.7 Å². The summed E-state index contributed by atoms with van der Waals surface area (Å²) < 4.78 is 13.3. The number of aryl methyl sites for hydroxylation is 1. The lowest BCUT2D eigenvalue weighted by Crippen LogP contribution is -2.15. The third kappa shape index (κ3) is 3.62. The molecule has 0 unspecified atom stereocenters. The molecule has 0 heterocycles. The average Bonchev–Trinajstić information content (AvgIpc) is 3.23. The fraction of sp³-hybridized carbons (Fsp3) is 0.294. The summed E-state index contributed by atoms with van der Waals surface area (Å²) >= 11 is 1.63. The van der Waals surface area contributed by atoms with E-state index in [1.165, 1.54) is 34.9 Å². The van der Waals surface area contributed by atoms with E-state index in [2.05, 4.69) is 30.4 Å². The molecule has 0 radical (unpaired) electrons. The van der Waals surface area contributed by atoms with Crippen LogP contribution in [-0.4, -0.2) is 6.04 Å². The van der Waals surface area contributed by atoms with Gasteiger partial charge in [0.2, 0.25) is 0 Å². The van der Waals surface area contributed by atoms with E-state index in [9.17, 15) is 4.39 Å². The van der Waals surface area contributed by atoms with Gasteiger partial charge in [0.05, 0.1) is 0 Å². The predicted octanol–water partition coefficient (Wildman–Crippen LogP) is 4.54. The summed E-state index contributed by atoms with van der Waals surface area (Å²) in [6.07, 6.45) is 2.58.